The minimum Gasteiger partial charge on any atom is -0.324 e. The molecule has 7 nitrogen and oxygen atoms in total. The van der Waals surface area contributed by atoms with Gasteiger partial charge in [0.15, 0.2) is 0 Å². The third-order valence-electron chi connectivity index (χ3n) is 5.75. The fourth-order valence-corrected chi connectivity index (χ4v) is 4.79. The van der Waals surface area contributed by atoms with Gasteiger partial charge in [-0.1, -0.05) is 29.8 Å². The van der Waals surface area contributed by atoms with Gasteiger partial charge in [-0.05, 0) is 68.1 Å². The van der Waals surface area contributed by atoms with Gasteiger partial charge in [0.2, 0.25) is 5.91 Å². The molecule has 2 aromatic carbocycles. The van der Waals surface area contributed by atoms with E-state index in [1.54, 1.807) is 25.1 Å². The first kappa shape index (κ1) is 23.7. The van der Waals surface area contributed by atoms with Crippen LogP contribution in [0.3, 0.4) is 0 Å². The van der Waals surface area contributed by atoms with Crippen LogP contribution in [0, 0.1) is 27.7 Å². The molecule has 0 spiro atoms. The molecule has 0 radical (unpaired) electrons. The van der Waals surface area contributed by atoms with Gasteiger partial charge in [-0.2, -0.15) is 0 Å². The second-order valence-corrected chi connectivity index (χ2v) is 9.53. The predicted octanol–water partition coefficient (Wildman–Crippen LogP) is 5.24. The zero-order chi connectivity index (χ0) is 24.6. The summed E-state index contributed by atoms with van der Waals surface area (Å²) in [7, 11) is 0. The van der Waals surface area contributed by atoms with Gasteiger partial charge >= 0.3 is 0 Å². The zero-order valence-corrected chi connectivity index (χ0v) is 20.7. The minimum absolute atomic E-state index is 0.216. The Hall–Kier alpha value is -3.49. The predicted molar refractivity (Wildman–Crippen MR) is 137 cm³/mol. The Morgan fingerprint density at radius 1 is 1.03 bits per heavy atom. The average Bonchev–Trinajstić information content (AvgIpc) is 3.13. The fourth-order valence-electron chi connectivity index (χ4n) is 3.58. The van der Waals surface area contributed by atoms with Crippen LogP contribution >= 0.6 is 22.9 Å². The topological polar surface area (TPSA) is 93.1 Å². The Balaban J connectivity index is 1.59. The summed E-state index contributed by atoms with van der Waals surface area (Å²) < 4.78 is 1.24. The van der Waals surface area contributed by atoms with Gasteiger partial charge in [0.05, 0.1) is 16.6 Å². The maximum atomic E-state index is 13.1. The van der Waals surface area contributed by atoms with Gasteiger partial charge in [0.25, 0.3) is 11.5 Å². The van der Waals surface area contributed by atoms with Crippen LogP contribution < -0.4 is 16.2 Å². The second kappa shape index (κ2) is 9.40. The molecule has 34 heavy (non-hydrogen) atoms. The third-order valence-corrected chi connectivity index (χ3v) is 7.35. The SMILES string of the molecule is Cc1ccc(NC(=O)Cn2cnc3sc(C(=O)Nc4cccc(C)c4C)c(C)c3c2=O)cc1Cl. The number of benzene rings is 2. The number of halogens is 1. The van der Waals surface area contributed by atoms with Crippen molar-refractivity contribution < 1.29 is 9.59 Å². The summed E-state index contributed by atoms with van der Waals surface area (Å²) >= 11 is 7.27. The first-order valence-corrected chi connectivity index (χ1v) is 11.8. The van der Waals surface area contributed by atoms with E-state index < -0.39 is 0 Å². The molecule has 0 aliphatic rings. The highest BCUT2D eigenvalue weighted by molar-refractivity contribution is 7.20. The molecule has 0 aliphatic carbocycles. The molecule has 0 saturated carbocycles. The van der Waals surface area contributed by atoms with E-state index in [0.717, 1.165) is 33.7 Å². The number of nitrogens with zero attached hydrogens (tertiary/aromatic N) is 2. The fraction of sp³-hybridized carbons (Fsp3) is 0.200. The van der Waals surface area contributed by atoms with Crippen molar-refractivity contribution in [2.24, 2.45) is 0 Å². The number of hydrogen-bond donors (Lipinski definition) is 2. The van der Waals surface area contributed by atoms with Crippen molar-refractivity contribution in [1.29, 1.82) is 0 Å². The van der Waals surface area contributed by atoms with E-state index in [1.165, 1.54) is 10.9 Å². The molecule has 0 bridgehead atoms. The van der Waals surface area contributed by atoms with Gasteiger partial charge in [-0.25, -0.2) is 4.98 Å². The number of carbonyl (C=O) groups excluding carboxylic acids is 2. The van der Waals surface area contributed by atoms with Crippen molar-refractivity contribution in [2.75, 3.05) is 10.6 Å². The molecule has 2 N–H and O–H groups in total. The molecule has 0 atom stereocenters. The number of fused-ring (bicyclic) bond motifs is 1. The summed E-state index contributed by atoms with van der Waals surface area (Å²) in [5.41, 5.74) is 4.38. The zero-order valence-electron chi connectivity index (χ0n) is 19.2. The Morgan fingerprint density at radius 2 is 1.79 bits per heavy atom. The lowest BCUT2D eigenvalue weighted by Gasteiger charge is -2.10. The highest BCUT2D eigenvalue weighted by atomic mass is 35.5. The van der Waals surface area contributed by atoms with E-state index >= 15 is 0 Å². The maximum absolute atomic E-state index is 13.1. The largest absolute Gasteiger partial charge is 0.324 e. The van der Waals surface area contributed by atoms with Crippen LogP contribution in [0.4, 0.5) is 11.4 Å². The molecule has 0 fully saturated rings. The standard InChI is InChI=1S/C25H23ClN4O3S/c1-13-6-5-7-19(15(13)3)29-23(32)22-16(4)21-24(34-22)27-12-30(25(21)33)11-20(31)28-17-9-8-14(2)18(26)10-17/h5-10,12H,11H2,1-4H3,(H,28,31)(H,29,32). The van der Waals surface area contributed by atoms with Crippen LogP contribution in [0.5, 0.6) is 0 Å². The normalized spacial score (nSPS) is 11.0. The first-order chi connectivity index (χ1) is 16.2. The third kappa shape index (κ3) is 4.60. The first-order valence-electron chi connectivity index (χ1n) is 10.6. The quantitative estimate of drug-likeness (QED) is 0.397. The van der Waals surface area contributed by atoms with Crippen molar-refractivity contribution in [1.82, 2.24) is 9.55 Å². The molecule has 0 saturated heterocycles. The molecule has 4 rings (SSSR count). The van der Waals surface area contributed by atoms with Crippen LogP contribution in [-0.4, -0.2) is 21.4 Å². The van der Waals surface area contributed by atoms with E-state index in [-0.39, 0.29) is 23.9 Å². The Kier molecular flexibility index (Phi) is 6.54. The molecular formula is C25H23ClN4O3S. The number of aryl methyl sites for hydroxylation is 3. The molecule has 174 valence electrons. The van der Waals surface area contributed by atoms with Crippen molar-refractivity contribution >= 4 is 56.3 Å². The molecule has 2 aromatic heterocycles. The minimum atomic E-state index is -0.385. The van der Waals surface area contributed by atoms with Crippen molar-refractivity contribution in [2.45, 2.75) is 34.2 Å². The number of aromatic nitrogens is 2. The lowest BCUT2D eigenvalue weighted by atomic mass is 10.1. The van der Waals surface area contributed by atoms with Gasteiger partial charge in [0.1, 0.15) is 11.4 Å². The summed E-state index contributed by atoms with van der Waals surface area (Å²) in [5, 5.41) is 6.55. The molecule has 0 aliphatic heterocycles. The Bertz CT molecular complexity index is 1510. The highest BCUT2D eigenvalue weighted by Gasteiger charge is 2.21. The Morgan fingerprint density at radius 3 is 2.53 bits per heavy atom. The molecule has 0 unspecified atom stereocenters. The van der Waals surface area contributed by atoms with Crippen LogP contribution in [0.2, 0.25) is 5.02 Å². The Labute approximate surface area is 205 Å². The molecule has 4 aromatic rings. The molecule has 9 heteroatoms. The lowest BCUT2D eigenvalue weighted by Crippen LogP contribution is -2.28. The van der Waals surface area contributed by atoms with Crippen molar-refractivity contribution in [3.8, 4) is 0 Å². The number of rotatable bonds is 5. The summed E-state index contributed by atoms with van der Waals surface area (Å²) in [5.74, 6) is -0.682. The highest BCUT2D eigenvalue weighted by Crippen LogP contribution is 2.28. The van der Waals surface area contributed by atoms with E-state index in [4.69, 9.17) is 11.6 Å². The average molecular weight is 495 g/mol. The van der Waals surface area contributed by atoms with Crippen LogP contribution in [0.15, 0.2) is 47.5 Å². The summed E-state index contributed by atoms with van der Waals surface area (Å²) in [6, 6.07) is 10.9. The van der Waals surface area contributed by atoms with Gasteiger partial charge in [-0.3, -0.25) is 19.0 Å². The van der Waals surface area contributed by atoms with Gasteiger partial charge in [-0.15, -0.1) is 11.3 Å². The number of nitrogens with one attached hydrogen (secondary N) is 2. The lowest BCUT2D eigenvalue weighted by molar-refractivity contribution is -0.116. The second-order valence-electron chi connectivity index (χ2n) is 8.13. The van der Waals surface area contributed by atoms with Crippen molar-refractivity contribution in [3.63, 3.8) is 0 Å². The van der Waals surface area contributed by atoms with Crippen LogP contribution in [0.25, 0.3) is 10.2 Å². The number of amides is 2. The summed E-state index contributed by atoms with van der Waals surface area (Å²) in [6.07, 6.45) is 1.33. The summed E-state index contributed by atoms with van der Waals surface area (Å²) in [6.45, 7) is 7.30. The van der Waals surface area contributed by atoms with Crippen LogP contribution in [0.1, 0.15) is 31.9 Å². The van der Waals surface area contributed by atoms with E-state index in [1.807, 2.05) is 39.0 Å². The molecule has 2 heterocycles. The molecular weight excluding hydrogens is 472 g/mol. The number of anilines is 2. The van der Waals surface area contributed by atoms with Gasteiger partial charge < -0.3 is 10.6 Å². The number of hydrogen-bond acceptors (Lipinski definition) is 5. The van der Waals surface area contributed by atoms with E-state index in [2.05, 4.69) is 15.6 Å². The van der Waals surface area contributed by atoms with Gasteiger partial charge in [0, 0.05) is 16.4 Å². The van der Waals surface area contributed by atoms with E-state index in [9.17, 15) is 14.4 Å². The summed E-state index contributed by atoms with van der Waals surface area (Å²) in [4.78, 5) is 43.8. The number of carbonyl (C=O) groups is 2. The smallest absolute Gasteiger partial charge is 0.266 e. The van der Waals surface area contributed by atoms with Crippen LogP contribution in [-0.2, 0) is 11.3 Å². The van der Waals surface area contributed by atoms with Crippen molar-refractivity contribution in [3.05, 3.63) is 85.2 Å². The molecule has 2 amide bonds. The monoisotopic (exact) mass is 494 g/mol. The maximum Gasteiger partial charge on any atom is 0.266 e. The number of thiophene rings is 1. The van der Waals surface area contributed by atoms with E-state index in [0.29, 0.717) is 31.4 Å².